The van der Waals surface area contributed by atoms with Gasteiger partial charge in [0, 0.05) is 11.6 Å². The topological polar surface area (TPSA) is 91.3 Å². The number of hydrogen-bond donors (Lipinski definition) is 1. The van der Waals surface area contributed by atoms with Crippen LogP contribution in [0.25, 0.3) is 10.8 Å². The third-order valence-corrected chi connectivity index (χ3v) is 4.93. The van der Waals surface area contributed by atoms with Crippen LogP contribution in [0.3, 0.4) is 0 Å². The molecule has 3 aromatic carbocycles. The second kappa shape index (κ2) is 6.54. The number of nitro groups is 1. The third kappa shape index (κ3) is 2.89. The van der Waals surface area contributed by atoms with E-state index >= 15 is 0 Å². The van der Waals surface area contributed by atoms with E-state index in [4.69, 9.17) is 5.26 Å². The van der Waals surface area contributed by atoms with Crippen LogP contribution in [0.4, 0.5) is 11.4 Å². The van der Waals surface area contributed by atoms with Crippen molar-refractivity contribution in [3.63, 3.8) is 0 Å². The zero-order valence-electron chi connectivity index (χ0n) is 14.7. The Morgan fingerprint density at radius 3 is 2.70 bits per heavy atom. The molecule has 27 heavy (non-hydrogen) atoms. The number of hydrazone groups is 1. The second-order valence-electron chi connectivity index (χ2n) is 6.52. The van der Waals surface area contributed by atoms with Crippen LogP contribution in [-0.2, 0) is 12.8 Å². The van der Waals surface area contributed by atoms with E-state index in [2.05, 4.69) is 40.9 Å². The van der Waals surface area contributed by atoms with Crippen molar-refractivity contribution in [2.45, 2.75) is 19.8 Å². The van der Waals surface area contributed by atoms with Gasteiger partial charge in [0.05, 0.1) is 22.3 Å². The smallest absolute Gasteiger partial charge is 0.271 e. The molecule has 6 heteroatoms. The van der Waals surface area contributed by atoms with Crippen molar-refractivity contribution in [2.24, 2.45) is 5.10 Å². The maximum atomic E-state index is 11.3. The Morgan fingerprint density at radius 1 is 1.19 bits per heavy atom. The molecule has 0 bridgehead atoms. The summed E-state index contributed by atoms with van der Waals surface area (Å²) < 4.78 is 0. The fourth-order valence-corrected chi connectivity index (χ4v) is 3.61. The van der Waals surface area contributed by atoms with Crippen LogP contribution in [0.5, 0.6) is 0 Å². The molecule has 3 aromatic rings. The highest BCUT2D eigenvalue weighted by Gasteiger charge is 2.17. The lowest BCUT2D eigenvalue weighted by Crippen LogP contribution is -2.03. The molecule has 6 nitrogen and oxygen atoms in total. The first-order chi connectivity index (χ1) is 13.1. The van der Waals surface area contributed by atoms with Crippen LogP contribution < -0.4 is 5.43 Å². The SMILES string of the molecule is C/C(=N\Nc1ccc(C#N)cc1[N+](=O)[O-])c1ccc2c3c(cccc13)CC2. The van der Waals surface area contributed by atoms with Gasteiger partial charge < -0.3 is 0 Å². The molecule has 1 N–H and O–H groups in total. The van der Waals surface area contributed by atoms with Crippen LogP contribution in [0.1, 0.15) is 29.2 Å². The van der Waals surface area contributed by atoms with Gasteiger partial charge in [-0.05, 0) is 53.8 Å². The standard InChI is InChI=1S/C21H16N4O2/c1-13(23-24-19-10-5-14(12-22)11-20(19)25(26)27)17-9-8-16-7-6-15-3-2-4-18(17)21(15)16/h2-5,8-11,24H,6-7H2,1H3/b23-13+. The summed E-state index contributed by atoms with van der Waals surface area (Å²) in [5.74, 6) is 0. The van der Waals surface area contributed by atoms with Gasteiger partial charge in [-0.2, -0.15) is 10.4 Å². The highest BCUT2D eigenvalue weighted by molar-refractivity contribution is 6.11. The summed E-state index contributed by atoms with van der Waals surface area (Å²) >= 11 is 0. The van der Waals surface area contributed by atoms with Crippen LogP contribution >= 0.6 is 0 Å². The summed E-state index contributed by atoms with van der Waals surface area (Å²) in [5, 5.41) is 27.0. The molecule has 0 aromatic heterocycles. The van der Waals surface area contributed by atoms with E-state index in [-0.39, 0.29) is 16.9 Å². The zero-order chi connectivity index (χ0) is 19.0. The Hall–Kier alpha value is -3.72. The fraction of sp³-hybridized carbons (Fsp3) is 0.143. The van der Waals surface area contributed by atoms with Crippen molar-refractivity contribution in [3.8, 4) is 6.07 Å². The lowest BCUT2D eigenvalue weighted by atomic mass is 9.98. The van der Waals surface area contributed by atoms with Gasteiger partial charge in [0.25, 0.3) is 5.69 Å². The number of rotatable bonds is 4. The van der Waals surface area contributed by atoms with Gasteiger partial charge >= 0.3 is 0 Å². The average molecular weight is 356 g/mol. The van der Waals surface area contributed by atoms with Crippen LogP contribution in [-0.4, -0.2) is 10.6 Å². The molecule has 0 heterocycles. The minimum absolute atomic E-state index is 0.175. The Kier molecular flexibility index (Phi) is 4.05. The van der Waals surface area contributed by atoms with E-state index in [1.54, 1.807) is 0 Å². The van der Waals surface area contributed by atoms with E-state index in [0.717, 1.165) is 29.5 Å². The van der Waals surface area contributed by atoms with Gasteiger partial charge in [0.2, 0.25) is 0 Å². The van der Waals surface area contributed by atoms with Crippen molar-refractivity contribution in [2.75, 3.05) is 5.43 Å². The number of nitrogens with zero attached hydrogens (tertiary/aromatic N) is 3. The number of anilines is 1. The molecule has 0 aliphatic heterocycles. The van der Waals surface area contributed by atoms with E-state index < -0.39 is 4.92 Å². The number of nitro benzene ring substituents is 1. The number of nitriles is 1. The molecule has 0 radical (unpaired) electrons. The molecule has 1 aliphatic carbocycles. The Morgan fingerprint density at radius 2 is 1.96 bits per heavy atom. The predicted molar refractivity (Wildman–Crippen MR) is 105 cm³/mol. The van der Waals surface area contributed by atoms with E-state index in [0.29, 0.717) is 0 Å². The summed E-state index contributed by atoms with van der Waals surface area (Å²) in [6.45, 7) is 1.88. The maximum Gasteiger partial charge on any atom is 0.295 e. The summed E-state index contributed by atoms with van der Waals surface area (Å²) in [7, 11) is 0. The van der Waals surface area contributed by atoms with Gasteiger partial charge in [-0.3, -0.25) is 15.5 Å². The summed E-state index contributed by atoms with van der Waals surface area (Å²) in [6, 6.07) is 16.7. The quantitative estimate of drug-likeness (QED) is 0.421. The summed E-state index contributed by atoms with van der Waals surface area (Å²) in [6.07, 6.45) is 2.12. The Bertz CT molecular complexity index is 1150. The van der Waals surface area contributed by atoms with Gasteiger partial charge in [0.1, 0.15) is 5.69 Å². The normalized spacial score (nSPS) is 12.8. The zero-order valence-corrected chi connectivity index (χ0v) is 14.7. The number of benzene rings is 3. The minimum atomic E-state index is -0.521. The van der Waals surface area contributed by atoms with Gasteiger partial charge in [-0.1, -0.05) is 30.3 Å². The average Bonchev–Trinajstić information content (AvgIpc) is 3.11. The Balaban J connectivity index is 1.72. The number of nitrogens with one attached hydrogen (secondary N) is 1. The molecule has 0 saturated heterocycles. The first kappa shape index (κ1) is 16.7. The van der Waals surface area contributed by atoms with Crippen molar-refractivity contribution in [3.05, 3.63) is 80.9 Å². The lowest BCUT2D eigenvalue weighted by Gasteiger charge is -2.09. The molecule has 0 amide bonds. The van der Waals surface area contributed by atoms with Crippen LogP contribution in [0, 0.1) is 21.4 Å². The minimum Gasteiger partial charge on any atom is -0.271 e. The van der Waals surface area contributed by atoms with E-state index in [1.165, 1.54) is 34.7 Å². The number of aryl methyl sites for hydroxylation is 2. The molecular formula is C21H16N4O2. The lowest BCUT2D eigenvalue weighted by molar-refractivity contribution is -0.384. The summed E-state index contributed by atoms with van der Waals surface area (Å²) in [5.41, 5.74) is 7.56. The van der Waals surface area contributed by atoms with Gasteiger partial charge in [-0.25, -0.2) is 0 Å². The van der Waals surface area contributed by atoms with Crippen LogP contribution in [0.2, 0.25) is 0 Å². The first-order valence-corrected chi connectivity index (χ1v) is 8.61. The highest BCUT2D eigenvalue weighted by Crippen LogP contribution is 2.33. The van der Waals surface area contributed by atoms with E-state index in [1.807, 2.05) is 13.0 Å². The molecule has 132 valence electrons. The third-order valence-electron chi connectivity index (χ3n) is 4.93. The maximum absolute atomic E-state index is 11.3. The molecule has 0 unspecified atom stereocenters. The fourth-order valence-electron chi connectivity index (χ4n) is 3.61. The van der Waals surface area contributed by atoms with Gasteiger partial charge in [0.15, 0.2) is 0 Å². The molecule has 0 spiro atoms. The van der Waals surface area contributed by atoms with Gasteiger partial charge in [-0.15, -0.1) is 0 Å². The largest absolute Gasteiger partial charge is 0.295 e. The number of hydrogen-bond acceptors (Lipinski definition) is 5. The molecule has 4 rings (SSSR count). The molecular weight excluding hydrogens is 340 g/mol. The van der Waals surface area contributed by atoms with Crippen LogP contribution in [0.15, 0.2) is 53.6 Å². The van der Waals surface area contributed by atoms with Crippen molar-refractivity contribution >= 4 is 27.9 Å². The summed E-state index contributed by atoms with van der Waals surface area (Å²) in [4.78, 5) is 10.7. The molecule has 0 saturated carbocycles. The molecule has 0 fully saturated rings. The highest BCUT2D eigenvalue weighted by atomic mass is 16.6. The van der Waals surface area contributed by atoms with Crippen molar-refractivity contribution < 1.29 is 4.92 Å². The van der Waals surface area contributed by atoms with E-state index in [9.17, 15) is 10.1 Å². The first-order valence-electron chi connectivity index (χ1n) is 8.61. The predicted octanol–water partition coefficient (Wildman–Crippen LogP) is 4.55. The second-order valence-corrected chi connectivity index (χ2v) is 6.52. The molecule has 1 aliphatic rings. The molecule has 0 atom stereocenters. The Labute approximate surface area is 155 Å². The van der Waals surface area contributed by atoms with Crippen molar-refractivity contribution in [1.82, 2.24) is 0 Å². The monoisotopic (exact) mass is 356 g/mol. The van der Waals surface area contributed by atoms with Crippen molar-refractivity contribution in [1.29, 1.82) is 5.26 Å².